The predicted molar refractivity (Wildman–Crippen MR) is 137 cm³/mol. The van der Waals surface area contributed by atoms with Gasteiger partial charge in [-0.25, -0.2) is 9.78 Å². The van der Waals surface area contributed by atoms with Gasteiger partial charge in [0.25, 0.3) is 0 Å². The summed E-state index contributed by atoms with van der Waals surface area (Å²) in [6.07, 6.45) is 2.69. The van der Waals surface area contributed by atoms with Crippen LogP contribution in [0.2, 0.25) is 0 Å². The Bertz CT molecular complexity index is 1090. The fraction of sp³-hybridized carbons (Fsp3) is 0.440. The second-order valence-electron chi connectivity index (χ2n) is 9.27. The molecule has 2 aromatic rings. The van der Waals surface area contributed by atoms with Crippen molar-refractivity contribution in [2.24, 2.45) is 17.4 Å². The third-order valence-corrected chi connectivity index (χ3v) is 5.79. The standard InChI is InChI=1S/C25H35N7O6/c1-14(2)21(25(37)38)32-24(36)19(11-16-12-28-13-29-16)31-23(35)18(8-9-20(27)33)30-22(34)17(26)10-15-6-4-3-5-7-15/h3-7,12-14,17-19,21H,8-11,26H2,1-2H3,(H2,27,33)(H,28,29)(H,30,34)(H,31,35)(H,32,36)(H,37,38). The second-order valence-corrected chi connectivity index (χ2v) is 9.27. The number of carbonyl (C=O) groups is 5. The number of primary amides is 1. The maximum absolute atomic E-state index is 13.2. The van der Waals surface area contributed by atoms with Crippen molar-refractivity contribution < 1.29 is 29.1 Å². The van der Waals surface area contributed by atoms with Gasteiger partial charge >= 0.3 is 5.97 Å². The summed E-state index contributed by atoms with van der Waals surface area (Å²) in [4.78, 5) is 68.8. The molecule has 0 aliphatic carbocycles. The van der Waals surface area contributed by atoms with E-state index >= 15 is 0 Å². The molecule has 4 unspecified atom stereocenters. The van der Waals surface area contributed by atoms with Crippen LogP contribution >= 0.6 is 0 Å². The number of benzene rings is 1. The number of amides is 4. The van der Waals surface area contributed by atoms with Gasteiger partial charge in [-0.2, -0.15) is 0 Å². The van der Waals surface area contributed by atoms with Crippen LogP contribution in [0.4, 0.5) is 0 Å². The molecule has 1 aromatic heterocycles. The first-order valence-electron chi connectivity index (χ1n) is 12.2. The summed E-state index contributed by atoms with van der Waals surface area (Å²) in [6.45, 7) is 3.27. The van der Waals surface area contributed by atoms with E-state index < -0.39 is 59.7 Å². The average molecular weight is 530 g/mol. The highest BCUT2D eigenvalue weighted by molar-refractivity contribution is 5.94. The van der Waals surface area contributed by atoms with Gasteiger partial charge in [-0.05, 0) is 24.3 Å². The van der Waals surface area contributed by atoms with Crippen molar-refractivity contribution in [1.29, 1.82) is 0 Å². The van der Waals surface area contributed by atoms with E-state index in [0.717, 1.165) is 5.56 Å². The van der Waals surface area contributed by atoms with Crippen LogP contribution in [0.5, 0.6) is 0 Å². The molecular weight excluding hydrogens is 494 g/mol. The monoisotopic (exact) mass is 529 g/mol. The van der Waals surface area contributed by atoms with Crippen LogP contribution in [0.1, 0.15) is 37.9 Å². The molecule has 0 radical (unpaired) electrons. The Morgan fingerprint density at radius 3 is 2.13 bits per heavy atom. The number of carboxylic acid groups (broad SMARTS) is 1. The molecule has 0 saturated carbocycles. The molecule has 0 aliphatic heterocycles. The topological polar surface area (TPSA) is 222 Å². The van der Waals surface area contributed by atoms with E-state index in [-0.39, 0.29) is 25.7 Å². The zero-order valence-corrected chi connectivity index (χ0v) is 21.3. The van der Waals surface area contributed by atoms with Crippen molar-refractivity contribution >= 4 is 29.6 Å². The number of aliphatic carboxylic acids is 1. The van der Waals surface area contributed by atoms with Gasteiger partial charge < -0.3 is 37.5 Å². The van der Waals surface area contributed by atoms with E-state index in [0.29, 0.717) is 5.69 Å². The summed E-state index contributed by atoms with van der Waals surface area (Å²) in [6, 6.07) is 4.45. The van der Waals surface area contributed by atoms with Crippen molar-refractivity contribution in [2.45, 2.75) is 63.7 Å². The first-order chi connectivity index (χ1) is 18.0. The van der Waals surface area contributed by atoms with Gasteiger partial charge in [-0.15, -0.1) is 0 Å². The minimum Gasteiger partial charge on any atom is -0.480 e. The minimum atomic E-state index is -1.23. The number of H-pyrrole nitrogens is 1. The number of carbonyl (C=O) groups excluding carboxylic acids is 4. The molecule has 0 bridgehead atoms. The van der Waals surface area contributed by atoms with E-state index in [1.54, 1.807) is 13.8 Å². The fourth-order valence-corrected chi connectivity index (χ4v) is 3.66. The maximum atomic E-state index is 13.2. The number of nitrogens with two attached hydrogens (primary N) is 2. The average Bonchev–Trinajstić information content (AvgIpc) is 3.37. The Kier molecular flexibility index (Phi) is 11.4. The number of rotatable bonds is 15. The molecule has 0 saturated heterocycles. The van der Waals surface area contributed by atoms with Crippen molar-refractivity contribution in [3.63, 3.8) is 0 Å². The Morgan fingerprint density at radius 1 is 0.947 bits per heavy atom. The first kappa shape index (κ1) is 30.0. The second kappa shape index (κ2) is 14.5. The molecule has 1 heterocycles. The summed E-state index contributed by atoms with van der Waals surface area (Å²) in [5.41, 5.74) is 12.6. The maximum Gasteiger partial charge on any atom is 0.326 e. The fourth-order valence-electron chi connectivity index (χ4n) is 3.66. The number of hydrogen-bond donors (Lipinski definition) is 7. The smallest absolute Gasteiger partial charge is 0.326 e. The Morgan fingerprint density at radius 2 is 1.58 bits per heavy atom. The largest absolute Gasteiger partial charge is 0.480 e. The summed E-state index contributed by atoms with van der Waals surface area (Å²) in [7, 11) is 0. The van der Waals surface area contributed by atoms with Gasteiger partial charge in [0.05, 0.1) is 12.4 Å². The van der Waals surface area contributed by atoms with E-state index in [2.05, 4.69) is 25.9 Å². The minimum absolute atomic E-state index is 0.0357. The molecule has 38 heavy (non-hydrogen) atoms. The molecule has 13 nitrogen and oxygen atoms in total. The van der Waals surface area contributed by atoms with E-state index in [4.69, 9.17) is 11.5 Å². The Hall–Kier alpha value is -4.26. The predicted octanol–water partition coefficient (Wildman–Crippen LogP) is -1.02. The highest BCUT2D eigenvalue weighted by Crippen LogP contribution is 2.07. The quantitative estimate of drug-likeness (QED) is 0.151. The highest BCUT2D eigenvalue weighted by Gasteiger charge is 2.32. The van der Waals surface area contributed by atoms with Crippen LogP contribution in [0, 0.1) is 5.92 Å². The summed E-state index contributed by atoms with van der Waals surface area (Å²) in [5, 5.41) is 17.0. The third kappa shape index (κ3) is 9.65. The Labute approximate surface area is 220 Å². The van der Waals surface area contributed by atoms with Crippen LogP contribution in [-0.4, -0.2) is 68.8 Å². The third-order valence-electron chi connectivity index (χ3n) is 5.79. The molecule has 0 fully saturated rings. The summed E-state index contributed by atoms with van der Waals surface area (Å²) >= 11 is 0. The molecule has 4 amide bonds. The number of hydrogen-bond acceptors (Lipinski definition) is 7. The molecule has 206 valence electrons. The Balaban J connectivity index is 2.18. The zero-order chi connectivity index (χ0) is 28.2. The van der Waals surface area contributed by atoms with Crippen molar-refractivity contribution in [3.05, 3.63) is 54.1 Å². The molecule has 0 aliphatic rings. The van der Waals surface area contributed by atoms with Gasteiger partial charge in [-0.1, -0.05) is 44.2 Å². The van der Waals surface area contributed by atoms with Crippen LogP contribution < -0.4 is 27.4 Å². The van der Waals surface area contributed by atoms with Gasteiger partial charge in [0.15, 0.2) is 0 Å². The first-order valence-corrected chi connectivity index (χ1v) is 12.2. The number of imidazole rings is 1. The van der Waals surface area contributed by atoms with Crippen LogP contribution in [-0.2, 0) is 36.8 Å². The molecule has 2 rings (SSSR count). The van der Waals surface area contributed by atoms with Crippen LogP contribution in [0.15, 0.2) is 42.9 Å². The number of carboxylic acids is 1. The van der Waals surface area contributed by atoms with Gasteiger partial charge in [-0.3, -0.25) is 19.2 Å². The van der Waals surface area contributed by atoms with E-state index in [1.807, 2.05) is 30.3 Å². The summed E-state index contributed by atoms with van der Waals surface area (Å²) < 4.78 is 0. The van der Waals surface area contributed by atoms with Crippen LogP contribution in [0.3, 0.4) is 0 Å². The number of aromatic nitrogens is 2. The lowest BCUT2D eigenvalue weighted by Crippen LogP contribution is -2.58. The van der Waals surface area contributed by atoms with Crippen molar-refractivity contribution in [3.8, 4) is 0 Å². The van der Waals surface area contributed by atoms with Crippen molar-refractivity contribution in [2.75, 3.05) is 0 Å². The lowest BCUT2D eigenvalue weighted by molar-refractivity contribution is -0.143. The lowest BCUT2D eigenvalue weighted by atomic mass is 10.0. The molecule has 0 spiro atoms. The van der Waals surface area contributed by atoms with Crippen molar-refractivity contribution in [1.82, 2.24) is 25.9 Å². The molecule has 9 N–H and O–H groups in total. The SMILES string of the molecule is CC(C)C(NC(=O)C(Cc1cnc[nH]1)NC(=O)C(CCC(N)=O)NC(=O)C(N)Cc1ccccc1)C(=O)O. The molecule has 1 aromatic carbocycles. The highest BCUT2D eigenvalue weighted by atomic mass is 16.4. The molecular formula is C25H35N7O6. The molecule has 4 atom stereocenters. The van der Waals surface area contributed by atoms with Gasteiger partial charge in [0.1, 0.15) is 18.1 Å². The van der Waals surface area contributed by atoms with Gasteiger partial charge in [0, 0.05) is 24.7 Å². The zero-order valence-electron chi connectivity index (χ0n) is 21.3. The summed E-state index contributed by atoms with van der Waals surface area (Å²) in [5.74, 6) is -4.46. The van der Waals surface area contributed by atoms with E-state index in [1.165, 1.54) is 12.5 Å². The molecule has 13 heteroatoms. The number of nitrogens with one attached hydrogen (secondary N) is 4. The van der Waals surface area contributed by atoms with Crippen LogP contribution in [0.25, 0.3) is 0 Å². The normalized spacial score (nSPS) is 14.1. The number of aromatic amines is 1. The van der Waals surface area contributed by atoms with Gasteiger partial charge in [0.2, 0.25) is 23.6 Å². The van der Waals surface area contributed by atoms with E-state index in [9.17, 15) is 29.1 Å². The lowest BCUT2D eigenvalue weighted by Gasteiger charge is -2.26. The number of nitrogens with zero attached hydrogens (tertiary/aromatic N) is 1.